The minimum Gasteiger partial charge on any atom is -0.367 e. The molecule has 0 aliphatic carbocycles. The van der Waals surface area contributed by atoms with Gasteiger partial charge in [0.2, 0.25) is 5.91 Å². The van der Waals surface area contributed by atoms with Crippen LogP contribution in [0.25, 0.3) is 0 Å². The molecule has 1 aromatic carbocycles. The Morgan fingerprint density at radius 2 is 1.66 bits per heavy atom. The number of anilines is 1. The molecule has 1 unspecified atom stereocenters. The van der Waals surface area contributed by atoms with Gasteiger partial charge in [-0.1, -0.05) is 13.0 Å². The molecule has 4 rings (SSSR count). The van der Waals surface area contributed by atoms with E-state index in [1.165, 1.54) is 6.07 Å². The van der Waals surface area contributed by atoms with Gasteiger partial charge in [-0.05, 0) is 69.1 Å². The fourth-order valence-corrected chi connectivity index (χ4v) is 5.26. The van der Waals surface area contributed by atoms with Crippen molar-refractivity contribution in [3.63, 3.8) is 0 Å². The van der Waals surface area contributed by atoms with Crippen molar-refractivity contribution in [1.82, 2.24) is 15.1 Å². The normalized spacial score (nSPS) is 23.3. The number of amides is 3. The molecule has 0 aromatic heterocycles. The summed E-state index contributed by atoms with van der Waals surface area (Å²) >= 11 is 0. The maximum absolute atomic E-state index is 14.3. The number of nitrogens with zero attached hydrogens (tertiary/aromatic N) is 3. The molecule has 3 heterocycles. The van der Waals surface area contributed by atoms with Crippen LogP contribution in [0.15, 0.2) is 18.2 Å². The second kappa shape index (κ2) is 10.1. The van der Waals surface area contributed by atoms with E-state index >= 15 is 0 Å². The number of nitrogens with one attached hydrogen (secondary N) is 1. The van der Waals surface area contributed by atoms with Gasteiger partial charge in [0, 0.05) is 51.2 Å². The van der Waals surface area contributed by atoms with Gasteiger partial charge in [0.25, 0.3) is 0 Å². The highest BCUT2D eigenvalue weighted by molar-refractivity contribution is 5.80. The second-order valence-corrected chi connectivity index (χ2v) is 9.96. The lowest BCUT2D eigenvalue weighted by Gasteiger charge is -2.38. The molecule has 3 amide bonds. The fourth-order valence-electron chi connectivity index (χ4n) is 5.26. The van der Waals surface area contributed by atoms with Gasteiger partial charge in [0.15, 0.2) is 0 Å². The molecule has 7 heteroatoms. The number of likely N-dealkylation sites (tertiary alicyclic amines) is 2. The third-order valence-corrected chi connectivity index (χ3v) is 7.42. The summed E-state index contributed by atoms with van der Waals surface area (Å²) < 4.78 is 14.3. The topological polar surface area (TPSA) is 55.9 Å². The number of carbonyl (C=O) groups excluding carboxylic acids is 2. The van der Waals surface area contributed by atoms with E-state index in [-0.39, 0.29) is 29.7 Å². The van der Waals surface area contributed by atoms with Crippen LogP contribution in [-0.2, 0) is 4.79 Å². The maximum Gasteiger partial charge on any atom is 0.317 e. The van der Waals surface area contributed by atoms with Crippen molar-refractivity contribution in [2.45, 2.75) is 58.4 Å². The van der Waals surface area contributed by atoms with E-state index in [0.717, 1.165) is 63.7 Å². The Labute approximate surface area is 191 Å². The molecule has 0 spiro atoms. The summed E-state index contributed by atoms with van der Waals surface area (Å²) in [6, 6.07) is 5.13. The van der Waals surface area contributed by atoms with Crippen LogP contribution >= 0.6 is 0 Å². The van der Waals surface area contributed by atoms with Gasteiger partial charge in [-0.2, -0.15) is 0 Å². The molecule has 3 aliphatic rings. The summed E-state index contributed by atoms with van der Waals surface area (Å²) in [6.45, 7) is 8.63. The Balaban J connectivity index is 1.26. The number of hydrogen-bond donors (Lipinski definition) is 1. The van der Waals surface area contributed by atoms with Crippen molar-refractivity contribution in [3.8, 4) is 0 Å². The first kappa shape index (κ1) is 22.9. The van der Waals surface area contributed by atoms with Crippen LogP contribution in [0.2, 0.25) is 0 Å². The van der Waals surface area contributed by atoms with Crippen molar-refractivity contribution in [3.05, 3.63) is 29.6 Å². The molecule has 0 saturated carbocycles. The fraction of sp³-hybridized carbons (Fsp3) is 0.680. The Morgan fingerprint density at radius 3 is 2.38 bits per heavy atom. The summed E-state index contributed by atoms with van der Waals surface area (Å²) in [5.41, 5.74) is 1.65. The van der Waals surface area contributed by atoms with Crippen molar-refractivity contribution < 1.29 is 14.0 Å². The van der Waals surface area contributed by atoms with Gasteiger partial charge in [0.05, 0.1) is 5.69 Å². The van der Waals surface area contributed by atoms with Gasteiger partial charge in [-0.25, -0.2) is 9.18 Å². The van der Waals surface area contributed by atoms with Crippen molar-refractivity contribution in [2.75, 3.05) is 44.2 Å². The number of urea groups is 1. The minimum absolute atomic E-state index is 0.00542. The number of hydrogen-bond acceptors (Lipinski definition) is 3. The van der Waals surface area contributed by atoms with Gasteiger partial charge in [-0.3, -0.25) is 4.79 Å². The van der Waals surface area contributed by atoms with Gasteiger partial charge in [-0.15, -0.1) is 0 Å². The van der Waals surface area contributed by atoms with Crippen molar-refractivity contribution in [1.29, 1.82) is 0 Å². The van der Waals surface area contributed by atoms with Crippen LogP contribution in [0, 0.1) is 24.6 Å². The molecule has 3 saturated heterocycles. The third kappa shape index (κ3) is 5.36. The highest BCUT2D eigenvalue weighted by Crippen LogP contribution is 2.26. The lowest BCUT2D eigenvalue weighted by Crippen LogP contribution is -2.54. The van der Waals surface area contributed by atoms with Crippen molar-refractivity contribution in [2.24, 2.45) is 11.8 Å². The first-order valence-electron chi connectivity index (χ1n) is 12.3. The summed E-state index contributed by atoms with van der Waals surface area (Å²) in [5, 5.41) is 3.16. The molecule has 6 nitrogen and oxygen atoms in total. The summed E-state index contributed by atoms with van der Waals surface area (Å²) in [6.07, 6.45) is 5.49. The number of aryl methyl sites for hydroxylation is 1. The lowest BCUT2D eigenvalue weighted by molar-refractivity contribution is -0.138. The number of halogens is 1. The molecule has 176 valence electrons. The highest BCUT2D eigenvalue weighted by Gasteiger charge is 2.32. The molecular weight excluding hydrogens is 407 g/mol. The maximum atomic E-state index is 14.3. The largest absolute Gasteiger partial charge is 0.367 e. The average molecular weight is 445 g/mol. The van der Waals surface area contributed by atoms with E-state index < -0.39 is 0 Å². The van der Waals surface area contributed by atoms with Crippen molar-refractivity contribution >= 4 is 17.6 Å². The van der Waals surface area contributed by atoms with Crippen LogP contribution in [0.4, 0.5) is 14.9 Å². The van der Waals surface area contributed by atoms with Crippen LogP contribution in [-0.4, -0.2) is 67.0 Å². The molecule has 3 aliphatic heterocycles. The molecule has 0 bridgehead atoms. The zero-order valence-corrected chi connectivity index (χ0v) is 19.5. The average Bonchev–Trinajstić information content (AvgIpc) is 2.81. The molecule has 1 N–H and O–H groups in total. The highest BCUT2D eigenvalue weighted by atomic mass is 19.1. The lowest BCUT2D eigenvalue weighted by atomic mass is 9.93. The van der Waals surface area contributed by atoms with E-state index in [0.29, 0.717) is 31.2 Å². The Hall–Kier alpha value is -2.31. The van der Waals surface area contributed by atoms with E-state index in [1.54, 1.807) is 6.07 Å². The quantitative estimate of drug-likeness (QED) is 0.772. The van der Waals surface area contributed by atoms with Crippen LogP contribution < -0.4 is 10.2 Å². The predicted octanol–water partition coefficient (Wildman–Crippen LogP) is 3.78. The first-order valence-corrected chi connectivity index (χ1v) is 12.3. The molecule has 1 atom stereocenters. The van der Waals surface area contributed by atoms with Gasteiger partial charge in [0.1, 0.15) is 5.82 Å². The third-order valence-electron chi connectivity index (χ3n) is 7.42. The number of carbonyl (C=O) groups is 2. The van der Waals surface area contributed by atoms with Crippen LogP contribution in [0.3, 0.4) is 0 Å². The second-order valence-electron chi connectivity index (χ2n) is 9.96. The summed E-state index contributed by atoms with van der Waals surface area (Å²) in [7, 11) is 0. The molecule has 32 heavy (non-hydrogen) atoms. The Kier molecular flexibility index (Phi) is 7.21. The number of benzene rings is 1. The van der Waals surface area contributed by atoms with Crippen LogP contribution in [0.5, 0.6) is 0 Å². The molecule has 1 aromatic rings. The Morgan fingerprint density at radius 1 is 0.969 bits per heavy atom. The predicted molar refractivity (Wildman–Crippen MR) is 124 cm³/mol. The van der Waals surface area contributed by atoms with Gasteiger partial charge < -0.3 is 20.0 Å². The Bertz CT molecular complexity index is 816. The zero-order chi connectivity index (χ0) is 22.7. The smallest absolute Gasteiger partial charge is 0.317 e. The minimum atomic E-state index is -0.211. The first-order chi connectivity index (χ1) is 15.4. The monoisotopic (exact) mass is 444 g/mol. The standard InChI is InChI=1S/C25H37FN4O2/c1-18-7-12-28(13-8-18)24(31)20-9-14-29(15-10-20)25(32)27-21-4-3-11-30(17-21)23-16-19(2)5-6-22(23)26/h5-6,16,18,20-21H,3-4,7-15,17H2,1-2H3,(H,27,32). The molecule has 0 radical (unpaired) electrons. The van der Waals surface area contributed by atoms with E-state index in [9.17, 15) is 14.0 Å². The molecular formula is C25H37FN4O2. The van der Waals surface area contributed by atoms with E-state index in [2.05, 4.69) is 12.2 Å². The molecule has 3 fully saturated rings. The SMILES string of the molecule is Cc1ccc(F)c(N2CCCC(NC(=O)N3CCC(C(=O)N4CCC(C)CC4)CC3)C2)c1. The number of rotatable bonds is 3. The summed E-state index contributed by atoms with van der Waals surface area (Å²) in [4.78, 5) is 31.6. The van der Waals surface area contributed by atoms with E-state index in [1.807, 2.05) is 27.7 Å². The van der Waals surface area contributed by atoms with E-state index in [4.69, 9.17) is 0 Å². The van der Waals surface area contributed by atoms with Gasteiger partial charge >= 0.3 is 6.03 Å². The zero-order valence-electron chi connectivity index (χ0n) is 19.5. The number of piperidine rings is 3. The van der Waals surface area contributed by atoms with Crippen LogP contribution in [0.1, 0.15) is 51.0 Å². The summed E-state index contributed by atoms with van der Waals surface area (Å²) in [5.74, 6) is 0.821.